The van der Waals surface area contributed by atoms with Gasteiger partial charge in [0.1, 0.15) is 17.9 Å². The molecule has 2 nitrogen and oxygen atoms in total. The first-order chi connectivity index (χ1) is 8.11. The van der Waals surface area contributed by atoms with Crippen LogP contribution in [0.15, 0.2) is 18.2 Å². The number of nitrogens with two attached hydrogens (primary N) is 1. The lowest BCUT2D eigenvalue weighted by Crippen LogP contribution is -2.45. The Bertz CT molecular complexity index is 488. The van der Waals surface area contributed by atoms with Crippen LogP contribution in [0.3, 0.4) is 0 Å². The fraction of sp³-hybridized carbons (Fsp3) is 0.300. The van der Waals surface area contributed by atoms with E-state index in [1.165, 1.54) is 6.07 Å². The molecular weight excluding hydrogens is 262 g/mol. The van der Waals surface area contributed by atoms with Crippen molar-refractivity contribution in [2.75, 3.05) is 0 Å². The van der Waals surface area contributed by atoms with Crippen molar-refractivity contribution in [2.45, 2.75) is 18.1 Å². The number of benzene rings is 1. The molecule has 2 N–H and O–H groups in total. The minimum atomic E-state index is -5.83. The van der Waals surface area contributed by atoms with Crippen molar-refractivity contribution >= 4 is 0 Å². The van der Waals surface area contributed by atoms with E-state index in [4.69, 9.17) is 11.0 Å². The topological polar surface area (TPSA) is 49.8 Å². The molecule has 0 heterocycles. The number of nitrogens with zero attached hydrogens (tertiary/aromatic N) is 1. The van der Waals surface area contributed by atoms with Crippen molar-refractivity contribution in [3.63, 3.8) is 0 Å². The molecule has 0 aromatic heterocycles. The van der Waals surface area contributed by atoms with Gasteiger partial charge in [-0.25, -0.2) is 4.39 Å². The number of halogens is 6. The lowest BCUT2D eigenvalue weighted by molar-refractivity contribution is -0.291. The molecule has 1 atom stereocenters. The van der Waals surface area contributed by atoms with E-state index >= 15 is 0 Å². The van der Waals surface area contributed by atoms with Crippen molar-refractivity contribution in [1.82, 2.24) is 0 Å². The summed E-state index contributed by atoms with van der Waals surface area (Å²) in [5, 5.41) is 8.45. The summed E-state index contributed by atoms with van der Waals surface area (Å²) in [7, 11) is 0. The highest BCUT2D eigenvalue weighted by Crippen LogP contribution is 2.43. The Morgan fingerprint density at radius 3 is 2.17 bits per heavy atom. The highest BCUT2D eigenvalue weighted by atomic mass is 19.4. The summed E-state index contributed by atoms with van der Waals surface area (Å²) in [4.78, 5) is 0. The van der Waals surface area contributed by atoms with Crippen LogP contribution >= 0.6 is 0 Å². The number of hydrogen-bond acceptors (Lipinski definition) is 2. The Morgan fingerprint density at radius 2 is 1.72 bits per heavy atom. The van der Waals surface area contributed by atoms with E-state index < -0.39 is 35.1 Å². The fourth-order valence-corrected chi connectivity index (χ4v) is 1.21. The molecule has 1 rings (SSSR count). The third-order valence-corrected chi connectivity index (χ3v) is 2.24. The average Bonchev–Trinajstić information content (AvgIpc) is 2.27. The average molecular weight is 268 g/mol. The molecule has 0 unspecified atom stereocenters. The van der Waals surface area contributed by atoms with Gasteiger partial charge in [0.05, 0.1) is 5.56 Å². The van der Waals surface area contributed by atoms with Crippen LogP contribution in [-0.2, 0) is 0 Å². The zero-order valence-corrected chi connectivity index (χ0v) is 8.60. The fourth-order valence-electron chi connectivity index (χ4n) is 1.21. The molecule has 1 aromatic carbocycles. The first-order valence-corrected chi connectivity index (χ1v) is 4.51. The van der Waals surface area contributed by atoms with E-state index in [9.17, 15) is 26.3 Å². The van der Waals surface area contributed by atoms with Gasteiger partial charge in [0.15, 0.2) is 0 Å². The van der Waals surface area contributed by atoms with Crippen molar-refractivity contribution in [3.8, 4) is 6.07 Å². The predicted molar refractivity (Wildman–Crippen MR) is 49.0 cm³/mol. The molecule has 0 spiro atoms. The van der Waals surface area contributed by atoms with Crippen LogP contribution < -0.4 is 5.73 Å². The monoisotopic (exact) mass is 268 g/mol. The second kappa shape index (κ2) is 4.49. The summed E-state index contributed by atoms with van der Waals surface area (Å²) in [6, 6.07) is 0.482. The molecule has 0 saturated carbocycles. The Labute approximate surface area is 97.6 Å². The molecule has 0 radical (unpaired) electrons. The van der Waals surface area contributed by atoms with Gasteiger partial charge in [-0.1, -0.05) is 6.07 Å². The maximum Gasteiger partial charge on any atom is 0.455 e. The van der Waals surface area contributed by atoms with Crippen LogP contribution in [0.1, 0.15) is 17.2 Å². The van der Waals surface area contributed by atoms with Crippen LogP contribution in [0.25, 0.3) is 0 Å². The standard InChI is InChI=1S/C10H6F6N2/c11-7-2-1-5(3-6(7)4-17)8(18)9(12,13)10(14,15)16/h1-3,8H,18H2/t8-/m1/s1. The lowest BCUT2D eigenvalue weighted by atomic mass is 9.99. The summed E-state index contributed by atoms with van der Waals surface area (Å²) in [5.41, 5.74) is 3.51. The van der Waals surface area contributed by atoms with Gasteiger partial charge in [0.25, 0.3) is 0 Å². The lowest BCUT2D eigenvalue weighted by Gasteiger charge is -2.26. The normalized spacial score (nSPS) is 14.1. The Balaban J connectivity index is 3.20. The Hall–Kier alpha value is -1.75. The van der Waals surface area contributed by atoms with Crippen molar-refractivity contribution < 1.29 is 26.3 Å². The minimum absolute atomic E-state index is 0.569. The zero-order chi connectivity index (χ0) is 14.1. The summed E-state index contributed by atoms with van der Waals surface area (Å²) in [6.07, 6.45) is -5.83. The smallest absolute Gasteiger partial charge is 0.319 e. The maximum atomic E-state index is 12.9. The Morgan fingerprint density at radius 1 is 1.17 bits per heavy atom. The summed E-state index contributed by atoms with van der Waals surface area (Å²) in [6.45, 7) is 0. The number of nitriles is 1. The largest absolute Gasteiger partial charge is 0.455 e. The summed E-state index contributed by atoms with van der Waals surface area (Å²) in [5.74, 6) is -6.19. The van der Waals surface area contributed by atoms with E-state index in [1.54, 1.807) is 0 Å². The first kappa shape index (κ1) is 14.3. The second-order valence-corrected chi connectivity index (χ2v) is 3.45. The molecule has 0 aliphatic heterocycles. The van der Waals surface area contributed by atoms with Crippen molar-refractivity contribution in [1.29, 1.82) is 5.26 Å². The van der Waals surface area contributed by atoms with Crippen molar-refractivity contribution in [3.05, 3.63) is 35.1 Å². The highest BCUT2D eigenvalue weighted by molar-refractivity contribution is 5.36. The molecule has 18 heavy (non-hydrogen) atoms. The quantitative estimate of drug-likeness (QED) is 0.838. The molecule has 0 fully saturated rings. The molecule has 1 aromatic rings. The number of rotatable bonds is 2. The summed E-state index contributed by atoms with van der Waals surface area (Å²) < 4.78 is 74.9. The van der Waals surface area contributed by atoms with Gasteiger partial charge in [-0.3, -0.25) is 0 Å². The van der Waals surface area contributed by atoms with Gasteiger partial charge in [-0.05, 0) is 17.7 Å². The van der Waals surface area contributed by atoms with E-state index in [0.717, 1.165) is 0 Å². The van der Waals surface area contributed by atoms with Gasteiger partial charge in [-0.15, -0.1) is 0 Å². The molecule has 0 aliphatic rings. The van der Waals surface area contributed by atoms with E-state index in [2.05, 4.69) is 0 Å². The molecule has 0 amide bonds. The molecule has 98 valence electrons. The minimum Gasteiger partial charge on any atom is -0.319 e. The van der Waals surface area contributed by atoms with E-state index in [0.29, 0.717) is 18.2 Å². The maximum absolute atomic E-state index is 12.9. The number of alkyl halides is 5. The van der Waals surface area contributed by atoms with Crippen LogP contribution in [-0.4, -0.2) is 12.1 Å². The van der Waals surface area contributed by atoms with E-state index in [-0.39, 0.29) is 0 Å². The van der Waals surface area contributed by atoms with Crippen LogP contribution in [0.4, 0.5) is 26.3 Å². The number of hydrogen-bond donors (Lipinski definition) is 1. The van der Waals surface area contributed by atoms with Gasteiger partial charge < -0.3 is 5.73 Å². The zero-order valence-electron chi connectivity index (χ0n) is 8.60. The van der Waals surface area contributed by atoms with Crippen LogP contribution in [0.2, 0.25) is 0 Å². The van der Waals surface area contributed by atoms with Crippen LogP contribution in [0, 0.1) is 17.1 Å². The molecule has 0 saturated heterocycles. The van der Waals surface area contributed by atoms with Gasteiger partial charge >= 0.3 is 12.1 Å². The predicted octanol–water partition coefficient (Wildman–Crippen LogP) is 2.89. The third kappa shape index (κ3) is 2.41. The SMILES string of the molecule is N#Cc1cc([C@@H](N)C(F)(F)C(F)(F)F)ccc1F. The highest BCUT2D eigenvalue weighted by Gasteiger charge is 2.61. The Kier molecular flexibility index (Phi) is 3.57. The molecule has 0 bridgehead atoms. The molecular formula is C10H6F6N2. The van der Waals surface area contributed by atoms with Gasteiger partial charge in [0, 0.05) is 0 Å². The van der Waals surface area contributed by atoms with Crippen molar-refractivity contribution in [2.24, 2.45) is 5.73 Å². The molecule has 0 aliphatic carbocycles. The van der Waals surface area contributed by atoms with Gasteiger partial charge in [-0.2, -0.15) is 27.2 Å². The summed E-state index contributed by atoms with van der Waals surface area (Å²) >= 11 is 0. The first-order valence-electron chi connectivity index (χ1n) is 4.51. The second-order valence-electron chi connectivity index (χ2n) is 3.45. The van der Waals surface area contributed by atoms with Gasteiger partial charge in [0.2, 0.25) is 0 Å². The van der Waals surface area contributed by atoms with Crippen LogP contribution in [0.5, 0.6) is 0 Å². The third-order valence-electron chi connectivity index (χ3n) is 2.24. The van der Waals surface area contributed by atoms with E-state index in [1.807, 2.05) is 0 Å². The molecule has 8 heteroatoms.